The van der Waals surface area contributed by atoms with Gasteiger partial charge in [0.2, 0.25) is 0 Å². The monoisotopic (exact) mass is 406 g/mol. The number of carbonyl (C=O) groups is 1. The summed E-state index contributed by atoms with van der Waals surface area (Å²) in [6.07, 6.45) is 10.3. The van der Waals surface area contributed by atoms with Crippen molar-refractivity contribution >= 4 is 17.9 Å². The molecule has 1 unspecified atom stereocenters. The van der Waals surface area contributed by atoms with E-state index < -0.39 is 17.0 Å². The number of ketones is 1. The highest BCUT2D eigenvalue weighted by molar-refractivity contribution is 6.10. The Morgan fingerprint density at radius 2 is 1.90 bits per heavy atom. The summed E-state index contributed by atoms with van der Waals surface area (Å²) >= 11 is 0. The molecule has 30 heavy (non-hydrogen) atoms. The van der Waals surface area contributed by atoms with Crippen molar-refractivity contribution in [1.29, 1.82) is 0 Å². The molecule has 0 aromatic heterocycles. The quantitative estimate of drug-likeness (QED) is 0.276. The number of hydrogen-bond acceptors (Lipinski definition) is 5. The molecule has 2 aromatic carbocycles. The molecule has 0 amide bonds. The fourth-order valence-corrected chi connectivity index (χ4v) is 3.15. The van der Waals surface area contributed by atoms with Crippen molar-refractivity contribution in [1.82, 2.24) is 0 Å². The van der Waals surface area contributed by atoms with Gasteiger partial charge in [0.15, 0.2) is 17.3 Å². The first kappa shape index (κ1) is 21.4. The minimum absolute atomic E-state index is 0.00258. The van der Waals surface area contributed by atoms with Crippen LogP contribution in [-0.4, -0.2) is 32.3 Å². The van der Waals surface area contributed by atoms with Gasteiger partial charge in [0.25, 0.3) is 0 Å². The maximum Gasteiger partial charge on any atom is 0.189 e. The normalized spacial score (nSPS) is 18.5. The van der Waals surface area contributed by atoms with E-state index in [1.165, 1.54) is 12.1 Å². The fourth-order valence-electron chi connectivity index (χ4n) is 3.15. The van der Waals surface area contributed by atoms with E-state index in [1.54, 1.807) is 44.2 Å². The summed E-state index contributed by atoms with van der Waals surface area (Å²) in [5, 5.41) is 30.9. The van der Waals surface area contributed by atoms with Gasteiger partial charge in [0.1, 0.15) is 11.4 Å². The smallest absolute Gasteiger partial charge is 0.189 e. The van der Waals surface area contributed by atoms with E-state index in [4.69, 9.17) is 4.74 Å². The highest BCUT2D eigenvalue weighted by Gasteiger charge is 2.31. The average molecular weight is 406 g/mol. The summed E-state index contributed by atoms with van der Waals surface area (Å²) in [7, 11) is 0. The van der Waals surface area contributed by atoms with Gasteiger partial charge in [-0.1, -0.05) is 48.6 Å². The van der Waals surface area contributed by atoms with E-state index in [0.717, 1.165) is 5.56 Å². The van der Waals surface area contributed by atoms with E-state index in [-0.39, 0.29) is 28.4 Å². The first-order chi connectivity index (χ1) is 14.1. The van der Waals surface area contributed by atoms with Gasteiger partial charge in [-0.25, -0.2) is 0 Å². The largest absolute Gasteiger partial charge is 0.506 e. The van der Waals surface area contributed by atoms with Crippen molar-refractivity contribution in [3.63, 3.8) is 0 Å². The van der Waals surface area contributed by atoms with Gasteiger partial charge in [-0.05, 0) is 50.6 Å². The summed E-state index contributed by atoms with van der Waals surface area (Å²) in [6.45, 7) is 5.18. The highest BCUT2D eigenvalue weighted by atomic mass is 16.5. The molecule has 1 atom stereocenters. The second-order valence-electron chi connectivity index (χ2n) is 8.15. The van der Waals surface area contributed by atoms with Gasteiger partial charge in [-0.15, -0.1) is 0 Å². The number of allylic oxidation sites excluding steroid dienone is 1. The van der Waals surface area contributed by atoms with Crippen LogP contribution in [0.4, 0.5) is 0 Å². The van der Waals surface area contributed by atoms with Crippen LogP contribution < -0.4 is 4.74 Å². The van der Waals surface area contributed by atoms with Gasteiger partial charge in [0, 0.05) is 6.42 Å². The Labute approximate surface area is 176 Å². The molecule has 0 bridgehead atoms. The molecule has 0 spiro atoms. The van der Waals surface area contributed by atoms with Crippen molar-refractivity contribution in [2.75, 3.05) is 0 Å². The Morgan fingerprint density at radius 3 is 2.57 bits per heavy atom. The van der Waals surface area contributed by atoms with Crippen molar-refractivity contribution in [2.45, 2.75) is 38.4 Å². The van der Waals surface area contributed by atoms with Gasteiger partial charge >= 0.3 is 0 Å². The lowest BCUT2D eigenvalue weighted by Crippen LogP contribution is -2.31. The SMILES string of the molecule is CC(C)(O)/C=C/CC1(C)C=Cc2c(O)c(C(=O)/C=C/c3ccccc3)cc(O)c2O1. The minimum Gasteiger partial charge on any atom is -0.506 e. The molecule has 1 heterocycles. The predicted molar refractivity (Wildman–Crippen MR) is 118 cm³/mol. The standard InChI is InChI=1S/C25H26O5/c1-24(2,29)13-7-14-25(3)15-12-18-22(28)19(16-21(27)23(18)30-25)20(26)11-10-17-8-5-4-6-9-17/h4-13,15-16,27-29H,14H2,1-3H3/b11-10+,13-7+. The van der Waals surface area contributed by atoms with E-state index in [1.807, 2.05) is 37.3 Å². The molecule has 0 saturated heterocycles. The van der Waals surface area contributed by atoms with Crippen molar-refractivity contribution in [3.05, 3.63) is 77.4 Å². The third kappa shape index (κ3) is 4.99. The van der Waals surface area contributed by atoms with E-state index in [2.05, 4.69) is 0 Å². The van der Waals surface area contributed by atoms with Crippen LogP contribution in [0.3, 0.4) is 0 Å². The van der Waals surface area contributed by atoms with Crippen LogP contribution in [-0.2, 0) is 0 Å². The van der Waals surface area contributed by atoms with Gasteiger partial charge in [-0.2, -0.15) is 0 Å². The molecular formula is C25H26O5. The van der Waals surface area contributed by atoms with Gasteiger partial charge in [0.05, 0.1) is 16.7 Å². The molecule has 0 fully saturated rings. The number of benzene rings is 2. The number of fused-ring (bicyclic) bond motifs is 1. The number of hydrogen-bond donors (Lipinski definition) is 3. The number of rotatable bonds is 6. The van der Waals surface area contributed by atoms with Crippen molar-refractivity contribution in [2.24, 2.45) is 0 Å². The molecule has 1 aliphatic heterocycles. The molecule has 1 aliphatic rings. The van der Waals surface area contributed by atoms with Crippen molar-refractivity contribution < 1.29 is 24.9 Å². The lowest BCUT2D eigenvalue weighted by Gasteiger charge is -2.32. The van der Waals surface area contributed by atoms with Crippen LogP contribution in [0.25, 0.3) is 12.2 Å². The number of aromatic hydroxyl groups is 2. The highest BCUT2D eigenvalue weighted by Crippen LogP contribution is 2.45. The van der Waals surface area contributed by atoms with Crippen LogP contribution in [0, 0.1) is 0 Å². The average Bonchev–Trinajstić information content (AvgIpc) is 2.68. The molecule has 5 nitrogen and oxygen atoms in total. The molecule has 0 aliphatic carbocycles. The zero-order chi connectivity index (χ0) is 21.9. The summed E-state index contributed by atoms with van der Waals surface area (Å²) in [5.41, 5.74) is -0.592. The zero-order valence-electron chi connectivity index (χ0n) is 17.3. The van der Waals surface area contributed by atoms with Crippen LogP contribution in [0.5, 0.6) is 17.2 Å². The topological polar surface area (TPSA) is 87.0 Å². The molecule has 156 valence electrons. The Bertz CT molecular complexity index is 1030. The zero-order valence-corrected chi connectivity index (χ0v) is 17.3. The Kier molecular flexibility index (Phi) is 5.85. The Morgan fingerprint density at radius 1 is 1.20 bits per heavy atom. The number of carbonyl (C=O) groups excluding carboxylic acids is 1. The Hall–Kier alpha value is -3.31. The summed E-state index contributed by atoms with van der Waals surface area (Å²) in [5.74, 6) is -0.765. The predicted octanol–water partition coefficient (Wildman–Crippen LogP) is 4.88. The van der Waals surface area contributed by atoms with Crippen LogP contribution in [0.1, 0.15) is 48.7 Å². The van der Waals surface area contributed by atoms with Gasteiger partial charge in [-0.3, -0.25) is 4.79 Å². The third-order valence-corrected chi connectivity index (χ3v) is 4.75. The lowest BCUT2D eigenvalue weighted by atomic mass is 9.93. The second-order valence-corrected chi connectivity index (χ2v) is 8.15. The second kappa shape index (κ2) is 8.20. The summed E-state index contributed by atoms with van der Waals surface area (Å²) in [6, 6.07) is 10.5. The first-order valence-electron chi connectivity index (χ1n) is 9.73. The number of ether oxygens (including phenoxy) is 1. The van der Waals surface area contributed by atoms with Crippen molar-refractivity contribution in [3.8, 4) is 17.2 Å². The number of phenols is 2. The fraction of sp³-hybridized carbons (Fsp3) is 0.240. The third-order valence-electron chi connectivity index (χ3n) is 4.75. The summed E-state index contributed by atoms with van der Waals surface area (Å²) in [4.78, 5) is 12.6. The summed E-state index contributed by atoms with van der Waals surface area (Å²) < 4.78 is 5.95. The number of aliphatic hydroxyl groups is 1. The van der Waals surface area contributed by atoms with E-state index >= 15 is 0 Å². The minimum atomic E-state index is -0.935. The lowest BCUT2D eigenvalue weighted by molar-refractivity contribution is 0.104. The molecular weight excluding hydrogens is 380 g/mol. The van der Waals surface area contributed by atoms with Crippen LogP contribution >= 0.6 is 0 Å². The molecule has 2 aromatic rings. The van der Waals surface area contributed by atoms with Crippen LogP contribution in [0.15, 0.2) is 60.7 Å². The van der Waals surface area contributed by atoms with E-state index in [0.29, 0.717) is 6.42 Å². The number of phenolic OH excluding ortho intramolecular Hbond substituents is 2. The molecule has 3 N–H and O–H groups in total. The van der Waals surface area contributed by atoms with Gasteiger partial charge < -0.3 is 20.1 Å². The molecule has 0 saturated carbocycles. The maximum atomic E-state index is 12.6. The molecule has 3 rings (SSSR count). The van der Waals surface area contributed by atoms with E-state index in [9.17, 15) is 20.1 Å². The Balaban J connectivity index is 1.86. The maximum absolute atomic E-state index is 12.6. The first-order valence-corrected chi connectivity index (χ1v) is 9.73. The molecule has 0 radical (unpaired) electrons. The molecule has 5 heteroatoms. The van der Waals surface area contributed by atoms with Crippen LogP contribution in [0.2, 0.25) is 0 Å².